The topological polar surface area (TPSA) is 124 Å². The van der Waals surface area contributed by atoms with Gasteiger partial charge in [0.2, 0.25) is 5.82 Å². The molecule has 0 aliphatic heterocycles. The summed E-state index contributed by atoms with van der Waals surface area (Å²) in [5.41, 5.74) is 3.78. The second-order valence-electron chi connectivity index (χ2n) is 7.58. The molecule has 1 N–H and O–H groups in total. The van der Waals surface area contributed by atoms with E-state index in [-0.39, 0.29) is 12.1 Å². The van der Waals surface area contributed by atoms with Crippen LogP contribution in [0.2, 0.25) is 0 Å². The molecule has 1 aromatic heterocycles. The zero-order valence-corrected chi connectivity index (χ0v) is 17.9. The van der Waals surface area contributed by atoms with Crippen LogP contribution < -0.4 is 9.46 Å². The summed E-state index contributed by atoms with van der Waals surface area (Å²) in [5, 5.41) is 13.6. The number of hydrogen-bond acceptors (Lipinski definition) is 7. The molecule has 1 aliphatic carbocycles. The highest BCUT2D eigenvalue weighted by Gasteiger charge is 2.24. The van der Waals surface area contributed by atoms with Gasteiger partial charge in [0, 0.05) is 28.4 Å². The van der Waals surface area contributed by atoms with Gasteiger partial charge in [-0.05, 0) is 62.4 Å². The molecule has 2 aromatic carbocycles. The molecule has 1 aliphatic rings. The maximum absolute atomic E-state index is 11.1. The number of rotatable bonds is 6. The Morgan fingerprint density at radius 3 is 2.94 bits per heavy atom. The van der Waals surface area contributed by atoms with E-state index >= 15 is 0 Å². The molecule has 2 atom stereocenters. The first kappa shape index (κ1) is 21.2. The van der Waals surface area contributed by atoms with Gasteiger partial charge >= 0.3 is 0 Å². The van der Waals surface area contributed by atoms with Crippen molar-refractivity contribution in [2.24, 2.45) is 0 Å². The molecule has 9 heteroatoms. The summed E-state index contributed by atoms with van der Waals surface area (Å²) in [7, 11) is 0. The van der Waals surface area contributed by atoms with E-state index in [1.807, 2.05) is 32.0 Å². The largest absolute Gasteiger partial charge is 0.760 e. The Morgan fingerprint density at radius 1 is 1.35 bits per heavy atom. The summed E-state index contributed by atoms with van der Waals surface area (Å²) in [6.45, 7) is 3.80. The highest BCUT2D eigenvalue weighted by atomic mass is 32.2. The minimum atomic E-state index is -2.34. The molecule has 0 saturated carbocycles. The van der Waals surface area contributed by atoms with Crippen LogP contribution >= 0.6 is 0 Å². The van der Waals surface area contributed by atoms with Gasteiger partial charge in [0.05, 0.1) is 11.7 Å². The fraction of sp³-hybridized carbons (Fsp3) is 0.318. The Labute approximate surface area is 182 Å². The summed E-state index contributed by atoms with van der Waals surface area (Å²) < 4.78 is 36.0. The lowest BCUT2D eigenvalue weighted by Crippen LogP contribution is -2.27. The standard InChI is InChI=1S/C22H22N4O4S/c1-13(2)29-20-10-9-14(11-15(20)12-23)22-24-21(25-30-22)18-7-3-6-17-16(18)5-4-8-19(17)26-31(27)28/h3,6-7,9-11,13,19,26H,4-5,8H2,1-2H3,(H,27,28)/p-1. The number of ether oxygens (including phenoxy) is 1. The minimum Gasteiger partial charge on any atom is -0.760 e. The van der Waals surface area contributed by atoms with Crippen LogP contribution in [0.1, 0.15) is 49.4 Å². The molecule has 4 rings (SSSR count). The molecule has 0 fully saturated rings. The number of nitriles is 1. The molecule has 160 valence electrons. The average Bonchev–Trinajstić information content (AvgIpc) is 3.23. The molecule has 0 spiro atoms. The van der Waals surface area contributed by atoms with Gasteiger partial charge < -0.3 is 13.8 Å². The van der Waals surface area contributed by atoms with Gasteiger partial charge in [-0.2, -0.15) is 10.2 Å². The van der Waals surface area contributed by atoms with Gasteiger partial charge in [-0.3, -0.25) is 4.21 Å². The third-order valence-electron chi connectivity index (χ3n) is 5.12. The molecule has 3 aromatic rings. The molecule has 8 nitrogen and oxygen atoms in total. The van der Waals surface area contributed by atoms with E-state index in [2.05, 4.69) is 20.9 Å². The van der Waals surface area contributed by atoms with Gasteiger partial charge in [0.25, 0.3) is 5.89 Å². The van der Waals surface area contributed by atoms with Gasteiger partial charge in [-0.15, -0.1) is 0 Å². The maximum atomic E-state index is 11.1. The SMILES string of the molecule is CC(C)Oc1ccc(-c2nc(-c3cccc4c3CCCC4NS(=O)[O-])no2)cc1C#N. The van der Waals surface area contributed by atoms with Crippen molar-refractivity contribution in [3.8, 4) is 34.7 Å². The molecule has 31 heavy (non-hydrogen) atoms. The minimum absolute atomic E-state index is 0.0467. The normalized spacial score (nSPS) is 16.5. The van der Waals surface area contributed by atoms with Crippen molar-refractivity contribution in [2.45, 2.75) is 45.3 Å². The van der Waals surface area contributed by atoms with Gasteiger partial charge in [0.1, 0.15) is 11.8 Å². The quantitative estimate of drug-likeness (QED) is 0.581. The molecular weight excluding hydrogens is 416 g/mol. The predicted octanol–water partition coefficient (Wildman–Crippen LogP) is 3.82. The highest BCUT2D eigenvalue weighted by molar-refractivity contribution is 7.77. The lowest BCUT2D eigenvalue weighted by molar-refractivity contribution is 0.241. The number of nitrogens with zero attached hydrogens (tertiary/aromatic N) is 3. The van der Waals surface area contributed by atoms with Gasteiger partial charge in [-0.1, -0.05) is 23.4 Å². The van der Waals surface area contributed by atoms with E-state index in [1.165, 1.54) is 0 Å². The molecule has 1 heterocycles. The third-order valence-corrected chi connectivity index (χ3v) is 5.60. The Bertz CT molecular complexity index is 1170. The van der Waals surface area contributed by atoms with Crippen LogP contribution in [0.4, 0.5) is 0 Å². The maximum Gasteiger partial charge on any atom is 0.258 e. The lowest BCUT2D eigenvalue weighted by atomic mass is 9.85. The monoisotopic (exact) mass is 437 g/mol. The number of benzene rings is 2. The van der Waals surface area contributed by atoms with Crippen molar-refractivity contribution < 1.29 is 18.0 Å². The summed E-state index contributed by atoms with van der Waals surface area (Å²) in [6, 6.07) is 12.7. The van der Waals surface area contributed by atoms with Crippen LogP contribution in [-0.2, 0) is 17.7 Å². The zero-order chi connectivity index (χ0) is 22.0. The highest BCUT2D eigenvalue weighted by Crippen LogP contribution is 2.36. The predicted molar refractivity (Wildman–Crippen MR) is 113 cm³/mol. The summed E-state index contributed by atoms with van der Waals surface area (Å²) in [5.74, 6) is 1.23. The smallest absolute Gasteiger partial charge is 0.258 e. The Balaban J connectivity index is 1.68. The average molecular weight is 438 g/mol. The molecule has 0 bridgehead atoms. The van der Waals surface area contributed by atoms with Gasteiger partial charge in [0.15, 0.2) is 0 Å². The number of aromatic nitrogens is 2. The van der Waals surface area contributed by atoms with E-state index in [9.17, 15) is 14.0 Å². The van der Waals surface area contributed by atoms with Crippen molar-refractivity contribution in [3.05, 3.63) is 53.1 Å². The van der Waals surface area contributed by atoms with Crippen molar-refractivity contribution in [3.63, 3.8) is 0 Å². The fourth-order valence-electron chi connectivity index (χ4n) is 3.85. The van der Waals surface area contributed by atoms with Crippen LogP contribution in [-0.4, -0.2) is 25.0 Å². The Kier molecular flexibility index (Phi) is 6.13. The number of hydrogen-bond donors (Lipinski definition) is 1. The molecule has 0 radical (unpaired) electrons. The fourth-order valence-corrected chi connectivity index (χ4v) is 4.33. The van der Waals surface area contributed by atoms with Crippen LogP contribution in [0.3, 0.4) is 0 Å². The van der Waals surface area contributed by atoms with Crippen LogP contribution in [0.25, 0.3) is 22.8 Å². The van der Waals surface area contributed by atoms with E-state index < -0.39 is 11.3 Å². The number of fused-ring (bicyclic) bond motifs is 1. The first-order chi connectivity index (χ1) is 15.0. The van der Waals surface area contributed by atoms with Crippen molar-refractivity contribution >= 4 is 11.3 Å². The molecular formula is C22H21N4O4S-. The van der Waals surface area contributed by atoms with E-state index in [0.717, 1.165) is 36.0 Å². The zero-order valence-electron chi connectivity index (χ0n) is 17.1. The molecule has 0 amide bonds. The van der Waals surface area contributed by atoms with Crippen LogP contribution in [0.15, 0.2) is 40.9 Å². The van der Waals surface area contributed by atoms with Crippen molar-refractivity contribution in [2.75, 3.05) is 0 Å². The molecule has 0 saturated heterocycles. The first-order valence-corrected chi connectivity index (χ1v) is 11.1. The van der Waals surface area contributed by atoms with Crippen molar-refractivity contribution in [1.29, 1.82) is 5.26 Å². The first-order valence-electron chi connectivity index (χ1n) is 9.98. The Morgan fingerprint density at radius 2 is 2.19 bits per heavy atom. The summed E-state index contributed by atoms with van der Waals surface area (Å²) in [4.78, 5) is 4.54. The van der Waals surface area contributed by atoms with Crippen LogP contribution in [0, 0.1) is 11.3 Å². The van der Waals surface area contributed by atoms with Crippen molar-refractivity contribution in [1.82, 2.24) is 14.9 Å². The number of nitrogens with one attached hydrogen (secondary N) is 1. The summed E-state index contributed by atoms with van der Waals surface area (Å²) in [6.07, 6.45) is 2.35. The second-order valence-corrected chi connectivity index (χ2v) is 8.29. The van der Waals surface area contributed by atoms with E-state index in [1.54, 1.807) is 18.2 Å². The molecule has 2 unspecified atom stereocenters. The Hall–Kier alpha value is -3.06. The van der Waals surface area contributed by atoms with Gasteiger partial charge in [-0.25, -0.2) is 4.72 Å². The summed E-state index contributed by atoms with van der Waals surface area (Å²) >= 11 is -2.34. The second kappa shape index (κ2) is 8.98. The van der Waals surface area contributed by atoms with E-state index in [0.29, 0.717) is 28.6 Å². The van der Waals surface area contributed by atoms with E-state index in [4.69, 9.17) is 9.26 Å². The third kappa shape index (κ3) is 4.51. The lowest BCUT2D eigenvalue weighted by Gasteiger charge is -2.28. The van der Waals surface area contributed by atoms with Crippen LogP contribution in [0.5, 0.6) is 5.75 Å².